The highest BCUT2D eigenvalue weighted by Gasteiger charge is 2.08. The molecule has 2 aromatic rings. The lowest BCUT2D eigenvalue weighted by atomic mass is 9.97. The summed E-state index contributed by atoms with van der Waals surface area (Å²) in [7, 11) is 0. The molecule has 0 unspecified atom stereocenters. The molecule has 0 amide bonds. The van der Waals surface area contributed by atoms with E-state index in [-0.39, 0.29) is 5.02 Å². The topological polar surface area (TPSA) is 70.1 Å². The number of rotatable bonds is 3. The fourth-order valence-electron chi connectivity index (χ4n) is 2.41. The molecule has 5 nitrogen and oxygen atoms in total. The van der Waals surface area contributed by atoms with Crippen LogP contribution in [0.3, 0.4) is 0 Å². The minimum atomic E-state index is -0.447. The number of anilines is 1. The van der Waals surface area contributed by atoms with E-state index in [0.29, 0.717) is 5.69 Å². The molecule has 0 fully saturated rings. The Hall–Kier alpha value is -2.14. The van der Waals surface area contributed by atoms with Crippen LogP contribution in [-0.2, 0) is 0 Å². The second kappa shape index (κ2) is 6.10. The van der Waals surface area contributed by atoms with E-state index in [4.69, 9.17) is 11.6 Å². The van der Waals surface area contributed by atoms with Crippen molar-refractivity contribution in [1.29, 1.82) is 0 Å². The second-order valence-corrected chi connectivity index (χ2v) is 5.39. The quantitative estimate of drug-likeness (QED) is 0.676. The number of halogens is 1. The van der Waals surface area contributed by atoms with E-state index in [0.717, 1.165) is 22.4 Å². The summed E-state index contributed by atoms with van der Waals surface area (Å²) in [6.45, 7) is 8.08. The van der Waals surface area contributed by atoms with Crippen LogP contribution >= 0.6 is 11.6 Å². The Morgan fingerprint density at radius 3 is 2.52 bits per heavy atom. The molecule has 6 heteroatoms. The molecule has 110 valence electrons. The van der Waals surface area contributed by atoms with Crippen molar-refractivity contribution in [3.63, 3.8) is 0 Å². The smallest absolute Gasteiger partial charge is 0.275 e. The molecule has 0 radical (unpaired) electrons. The Bertz CT molecular complexity index is 742. The molecule has 0 aliphatic heterocycles. The van der Waals surface area contributed by atoms with Crippen molar-refractivity contribution in [2.24, 2.45) is 5.10 Å². The van der Waals surface area contributed by atoms with Gasteiger partial charge in [0.05, 0.1) is 11.9 Å². The third kappa shape index (κ3) is 3.31. The fourth-order valence-corrected chi connectivity index (χ4v) is 2.55. The van der Waals surface area contributed by atoms with Crippen LogP contribution in [0.5, 0.6) is 0 Å². The van der Waals surface area contributed by atoms with Crippen molar-refractivity contribution in [3.8, 4) is 0 Å². The zero-order valence-corrected chi connectivity index (χ0v) is 13.2. The molecular formula is C15H17ClN4O. The molecule has 21 heavy (non-hydrogen) atoms. The number of benzene rings is 1. The largest absolute Gasteiger partial charge is 0.285 e. The molecule has 0 aliphatic carbocycles. The van der Waals surface area contributed by atoms with E-state index >= 15 is 0 Å². The van der Waals surface area contributed by atoms with Gasteiger partial charge in [-0.3, -0.25) is 10.2 Å². The molecule has 0 saturated carbocycles. The van der Waals surface area contributed by atoms with Gasteiger partial charge >= 0.3 is 0 Å². The average Bonchev–Trinajstić information content (AvgIpc) is 2.39. The van der Waals surface area contributed by atoms with Gasteiger partial charge in [-0.2, -0.15) is 10.2 Å². The van der Waals surface area contributed by atoms with Crippen LogP contribution in [-0.4, -0.2) is 15.9 Å². The summed E-state index contributed by atoms with van der Waals surface area (Å²) in [4.78, 5) is 11.4. The van der Waals surface area contributed by atoms with Gasteiger partial charge in [-0.15, -0.1) is 0 Å². The van der Waals surface area contributed by atoms with E-state index in [1.807, 2.05) is 6.92 Å². The molecule has 0 saturated heterocycles. The van der Waals surface area contributed by atoms with E-state index in [9.17, 15) is 4.79 Å². The monoisotopic (exact) mass is 304 g/mol. The third-order valence-electron chi connectivity index (χ3n) is 3.18. The first-order valence-electron chi connectivity index (χ1n) is 6.52. The third-order valence-corrected chi connectivity index (χ3v) is 3.55. The predicted molar refractivity (Wildman–Crippen MR) is 86.4 cm³/mol. The highest BCUT2D eigenvalue weighted by Crippen LogP contribution is 2.19. The maximum Gasteiger partial charge on any atom is 0.285 e. The van der Waals surface area contributed by atoms with E-state index in [2.05, 4.69) is 53.6 Å². The van der Waals surface area contributed by atoms with E-state index < -0.39 is 5.56 Å². The minimum Gasteiger partial charge on any atom is -0.275 e. The molecule has 0 aliphatic rings. The average molecular weight is 305 g/mol. The molecular weight excluding hydrogens is 288 g/mol. The molecule has 2 N–H and O–H groups in total. The van der Waals surface area contributed by atoms with Crippen molar-refractivity contribution >= 4 is 23.0 Å². The summed E-state index contributed by atoms with van der Waals surface area (Å²) in [5, 5.41) is 10.3. The van der Waals surface area contributed by atoms with Crippen LogP contribution in [0.1, 0.15) is 29.2 Å². The molecule has 1 aromatic carbocycles. The lowest BCUT2D eigenvalue weighted by molar-refractivity contribution is 0.986. The van der Waals surface area contributed by atoms with Crippen LogP contribution in [0.15, 0.2) is 28.2 Å². The van der Waals surface area contributed by atoms with Crippen LogP contribution < -0.4 is 11.0 Å². The molecule has 1 heterocycles. The van der Waals surface area contributed by atoms with E-state index in [1.54, 1.807) is 0 Å². The van der Waals surface area contributed by atoms with Gasteiger partial charge in [0.1, 0.15) is 10.7 Å². The number of nitrogens with zero attached hydrogens (tertiary/aromatic N) is 2. The molecule has 0 atom stereocenters. The summed E-state index contributed by atoms with van der Waals surface area (Å²) in [5.41, 5.74) is 8.17. The summed E-state index contributed by atoms with van der Waals surface area (Å²) in [6.07, 6.45) is 1.43. The summed E-state index contributed by atoms with van der Waals surface area (Å²) < 4.78 is 0. The first kappa shape index (κ1) is 15.3. The Kier molecular flexibility index (Phi) is 4.43. The number of aryl methyl sites for hydroxylation is 3. The van der Waals surface area contributed by atoms with Gasteiger partial charge in [-0.1, -0.05) is 29.3 Å². The van der Waals surface area contributed by atoms with Gasteiger partial charge in [0.25, 0.3) is 5.56 Å². The first-order valence-corrected chi connectivity index (χ1v) is 6.89. The molecule has 0 bridgehead atoms. The van der Waals surface area contributed by atoms with Gasteiger partial charge < -0.3 is 0 Å². The Balaban J connectivity index is 2.34. The van der Waals surface area contributed by atoms with Crippen LogP contribution in [0.25, 0.3) is 0 Å². The van der Waals surface area contributed by atoms with Crippen molar-refractivity contribution in [2.45, 2.75) is 27.7 Å². The number of hydrogen-bond acceptors (Lipinski definition) is 4. The van der Waals surface area contributed by atoms with Crippen molar-refractivity contribution in [3.05, 3.63) is 56.0 Å². The van der Waals surface area contributed by atoms with Crippen LogP contribution in [0.4, 0.5) is 5.69 Å². The second-order valence-electron chi connectivity index (χ2n) is 5.01. The number of hydrogen-bond donors (Lipinski definition) is 2. The van der Waals surface area contributed by atoms with Gasteiger partial charge in [0.15, 0.2) is 0 Å². The highest BCUT2D eigenvalue weighted by atomic mass is 35.5. The number of aromatic amines is 1. The number of H-pyrrole nitrogens is 1. The normalized spacial score (nSPS) is 11.6. The fraction of sp³-hybridized carbons (Fsp3) is 0.267. The standard InChI is InChI=1S/C15H17ClN4O/c1-8-5-9(2)13(10(3)6-8)11(4)18-19-12-7-17-20-15(21)14(12)16/h5-7H,1-4H3,(H2,19,20,21)/b18-11-. The van der Waals surface area contributed by atoms with Crippen LogP contribution in [0.2, 0.25) is 5.02 Å². The summed E-state index contributed by atoms with van der Waals surface area (Å²) >= 11 is 5.89. The lowest BCUT2D eigenvalue weighted by Gasteiger charge is -2.11. The Morgan fingerprint density at radius 1 is 1.29 bits per heavy atom. The maximum atomic E-state index is 11.4. The van der Waals surface area contributed by atoms with Gasteiger partial charge in [-0.05, 0) is 38.8 Å². The Morgan fingerprint density at radius 2 is 1.90 bits per heavy atom. The minimum absolute atomic E-state index is 0.0406. The molecule has 0 spiro atoms. The first-order chi connectivity index (χ1) is 9.90. The predicted octanol–water partition coefficient (Wildman–Crippen LogP) is 3.18. The van der Waals surface area contributed by atoms with Crippen LogP contribution in [0, 0.1) is 20.8 Å². The summed E-state index contributed by atoms with van der Waals surface area (Å²) in [6, 6.07) is 4.23. The van der Waals surface area contributed by atoms with Gasteiger partial charge in [0, 0.05) is 5.56 Å². The van der Waals surface area contributed by atoms with E-state index in [1.165, 1.54) is 11.8 Å². The number of hydrazone groups is 1. The lowest BCUT2D eigenvalue weighted by Crippen LogP contribution is -2.11. The number of nitrogens with one attached hydrogen (secondary N) is 2. The van der Waals surface area contributed by atoms with Crippen molar-refractivity contribution < 1.29 is 0 Å². The maximum absolute atomic E-state index is 11.4. The zero-order chi connectivity index (χ0) is 15.6. The highest BCUT2D eigenvalue weighted by molar-refractivity contribution is 6.32. The SMILES string of the molecule is C/C(=N/Nc1cn[nH]c(=O)c1Cl)c1c(C)cc(C)cc1C. The zero-order valence-electron chi connectivity index (χ0n) is 12.4. The van der Waals surface area contributed by atoms with Crippen molar-refractivity contribution in [1.82, 2.24) is 10.2 Å². The summed E-state index contributed by atoms with van der Waals surface area (Å²) in [5.74, 6) is 0. The molecule has 1 aromatic heterocycles. The molecule has 2 rings (SSSR count). The van der Waals surface area contributed by atoms with Gasteiger partial charge in [-0.25, -0.2) is 5.10 Å². The number of aromatic nitrogens is 2. The van der Waals surface area contributed by atoms with Gasteiger partial charge in [0.2, 0.25) is 0 Å². The van der Waals surface area contributed by atoms with Crippen molar-refractivity contribution in [2.75, 3.05) is 5.43 Å². The Labute approximate surface area is 128 Å².